The van der Waals surface area contributed by atoms with Gasteiger partial charge in [0, 0.05) is 17.8 Å². The summed E-state index contributed by atoms with van der Waals surface area (Å²) in [4.78, 5) is 27.1. The molecular formula is C26H26N2O2. The Morgan fingerprint density at radius 2 is 1.43 bits per heavy atom. The molecule has 0 unspecified atom stereocenters. The zero-order valence-corrected chi connectivity index (χ0v) is 17.0. The molecule has 1 aliphatic carbocycles. The molecule has 0 spiro atoms. The molecule has 3 aromatic rings. The van der Waals surface area contributed by atoms with Crippen LogP contribution < -0.4 is 10.2 Å². The van der Waals surface area contributed by atoms with E-state index < -0.39 is 0 Å². The van der Waals surface area contributed by atoms with Crippen LogP contribution in [0.5, 0.6) is 0 Å². The van der Waals surface area contributed by atoms with Gasteiger partial charge >= 0.3 is 0 Å². The largest absolute Gasteiger partial charge is 0.356 e. The Bertz CT molecular complexity index is 981. The highest BCUT2D eigenvalue weighted by atomic mass is 16.2. The molecule has 1 saturated carbocycles. The molecule has 2 amide bonds. The number of carbonyl (C=O) groups excluding carboxylic acids is 2. The van der Waals surface area contributed by atoms with Crippen molar-refractivity contribution >= 4 is 17.5 Å². The molecule has 1 N–H and O–H groups in total. The number of hydrogen-bond acceptors (Lipinski definition) is 2. The smallest absolute Gasteiger partial charge is 0.258 e. The number of rotatable bonds is 8. The molecule has 0 aromatic heterocycles. The topological polar surface area (TPSA) is 49.4 Å². The average molecular weight is 399 g/mol. The zero-order chi connectivity index (χ0) is 20.8. The van der Waals surface area contributed by atoms with Crippen molar-refractivity contribution in [3.8, 4) is 0 Å². The van der Waals surface area contributed by atoms with E-state index in [0.717, 1.165) is 23.4 Å². The van der Waals surface area contributed by atoms with Crippen LogP contribution >= 0.6 is 0 Å². The van der Waals surface area contributed by atoms with Gasteiger partial charge in [-0.2, -0.15) is 0 Å². The molecule has 1 fully saturated rings. The molecule has 4 nitrogen and oxygen atoms in total. The van der Waals surface area contributed by atoms with Crippen LogP contribution in [-0.4, -0.2) is 18.4 Å². The Morgan fingerprint density at radius 3 is 2.07 bits per heavy atom. The zero-order valence-electron chi connectivity index (χ0n) is 17.0. The van der Waals surface area contributed by atoms with Crippen LogP contribution in [0, 0.1) is 5.92 Å². The summed E-state index contributed by atoms with van der Waals surface area (Å²) in [5.74, 6) is 0.678. The summed E-state index contributed by atoms with van der Waals surface area (Å²) < 4.78 is 0. The van der Waals surface area contributed by atoms with Crippen molar-refractivity contribution in [2.75, 3.05) is 11.4 Å². The minimum absolute atomic E-state index is 0.0469. The molecule has 0 heterocycles. The molecular weight excluding hydrogens is 372 g/mol. The average Bonchev–Trinajstić information content (AvgIpc) is 3.62. The van der Waals surface area contributed by atoms with Crippen molar-refractivity contribution in [2.45, 2.75) is 25.8 Å². The molecule has 0 atom stereocenters. The van der Waals surface area contributed by atoms with Crippen LogP contribution in [0.3, 0.4) is 0 Å². The van der Waals surface area contributed by atoms with Crippen LogP contribution in [0.25, 0.3) is 0 Å². The summed E-state index contributed by atoms with van der Waals surface area (Å²) in [7, 11) is 0. The van der Waals surface area contributed by atoms with Gasteiger partial charge in [0.15, 0.2) is 0 Å². The van der Waals surface area contributed by atoms with Gasteiger partial charge in [0.25, 0.3) is 5.91 Å². The maximum atomic E-state index is 13.2. The normalized spacial score (nSPS) is 12.9. The highest BCUT2D eigenvalue weighted by Gasteiger charge is 2.22. The van der Waals surface area contributed by atoms with Crippen molar-refractivity contribution < 1.29 is 9.59 Å². The molecule has 4 rings (SSSR count). The molecule has 30 heavy (non-hydrogen) atoms. The Kier molecular flexibility index (Phi) is 6.23. The van der Waals surface area contributed by atoms with Crippen molar-refractivity contribution in [1.82, 2.24) is 5.32 Å². The Hall–Kier alpha value is -3.40. The van der Waals surface area contributed by atoms with Crippen molar-refractivity contribution in [2.24, 2.45) is 5.92 Å². The Labute approximate surface area is 177 Å². The highest BCUT2D eigenvalue weighted by Crippen LogP contribution is 2.27. The first kappa shape index (κ1) is 19.9. The fraction of sp³-hybridized carbons (Fsp3) is 0.231. The van der Waals surface area contributed by atoms with Crippen LogP contribution in [-0.2, 0) is 17.8 Å². The van der Waals surface area contributed by atoms with Gasteiger partial charge in [0.1, 0.15) is 0 Å². The third kappa shape index (κ3) is 5.35. The van der Waals surface area contributed by atoms with Crippen molar-refractivity contribution in [3.63, 3.8) is 0 Å². The van der Waals surface area contributed by atoms with E-state index in [0.29, 0.717) is 24.4 Å². The second-order valence-corrected chi connectivity index (χ2v) is 7.83. The first-order valence-corrected chi connectivity index (χ1v) is 10.5. The number of nitrogens with one attached hydrogen (secondary N) is 1. The first-order valence-electron chi connectivity index (χ1n) is 10.5. The van der Waals surface area contributed by atoms with Gasteiger partial charge in [-0.3, -0.25) is 9.59 Å². The third-order valence-corrected chi connectivity index (χ3v) is 5.35. The summed E-state index contributed by atoms with van der Waals surface area (Å²) in [5, 5.41) is 3.00. The van der Waals surface area contributed by atoms with Gasteiger partial charge in [0.2, 0.25) is 5.91 Å². The van der Waals surface area contributed by atoms with E-state index in [1.165, 1.54) is 12.8 Å². The van der Waals surface area contributed by atoms with Gasteiger partial charge in [-0.15, -0.1) is 0 Å². The number of carbonyl (C=O) groups is 2. The molecule has 3 aromatic carbocycles. The van der Waals surface area contributed by atoms with Gasteiger partial charge in [-0.05, 0) is 54.2 Å². The second kappa shape index (κ2) is 9.40. The van der Waals surface area contributed by atoms with Crippen LogP contribution in [0.2, 0.25) is 0 Å². The summed E-state index contributed by atoms with van der Waals surface area (Å²) in [6.45, 7) is 1.27. The highest BCUT2D eigenvalue weighted by molar-refractivity contribution is 6.06. The fourth-order valence-electron chi connectivity index (χ4n) is 3.40. The standard InChI is InChI=1S/C26H26N2O2/c29-25(27-18-21-11-12-21)17-20-13-15-24(16-14-20)28(19-22-7-3-1-4-8-22)26(30)23-9-5-2-6-10-23/h1-10,13-16,21H,11-12,17-19H2,(H,27,29). The maximum absolute atomic E-state index is 13.2. The monoisotopic (exact) mass is 398 g/mol. The molecule has 4 heteroatoms. The van der Waals surface area contributed by atoms with E-state index in [2.05, 4.69) is 5.32 Å². The lowest BCUT2D eigenvalue weighted by molar-refractivity contribution is -0.120. The van der Waals surface area contributed by atoms with Crippen LogP contribution in [0.4, 0.5) is 5.69 Å². The van der Waals surface area contributed by atoms with Crippen LogP contribution in [0.15, 0.2) is 84.9 Å². The number of nitrogens with zero attached hydrogens (tertiary/aromatic N) is 1. The van der Waals surface area contributed by atoms with Crippen molar-refractivity contribution in [1.29, 1.82) is 0 Å². The lowest BCUT2D eigenvalue weighted by Gasteiger charge is -2.23. The summed E-state index contributed by atoms with van der Waals surface area (Å²) in [6, 6.07) is 27.0. The molecule has 0 aliphatic heterocycles. The number of anilines is 1. The van der Waals surface area contributed by atoms with Gasteiger partial charge in [-0.25, -0.2) is 0 Å². The maximum Gasteiger partial charge on any atom is 0.258 e. The summed E-state index contributed by atoms with van der Waals surface area (Å²) >= 11 is 0. The summed E-state index contributed by atoms with van der Waals surface area (Å²) in [6.07, 6.45) is 2.81. The van der Waals surface area contributed by atoms with Crippen molar-refractivity contribution in [3.05, 3.63) is 102 Å². The third-order valence-electron chi connectivity index (χ3n) is 5.35. The quantitative estimate of drug-likeness (QED) is 0.603. The predicted octanol–water partition coefficient (Wildman–Crippen LogP) is 4.60. The lowest BCUT2D eigenvalue weighted by atomic mass is 10.1. The number of hydrogen-bond donors (Lipinski definition) is 1. The SMILES string of the molecule is O=C(Cc1ccc(N(Cc2ccccc2)C(=O)c2ccccc2)cc1)NCC1CC1. The summed E-state index contributed by atoms with van der Waals surface area (Å²) in [5.41, 5.74) is 3.47. The molecule has 152 valence electrons. The van der Waals surface area contributed by atoms with E-state index in [1.807, 2.05) is 84.9 Å². The van der Waals surface area contributed by atoms with E-state index in [-0.39, 0.29) is 11.8 Å². The minimum Gasteiger partial charge on any atom is -0.356 e. The number of benzene rings is 3. The van der Waals surface area contributed by atoms with E-state index in [1.54, 1.807) is 4.90 Å². The molecule has 1 aliphatic rings. The second-order valence-electron chi connectivity index (χ2n) is 7.83. The van der Waals surface area contributed by atoms with Gasteiger partial charge in [0.05, 0.1) is 13.0 Å². The van der Waals surface area contributed by atoms with Gasteiger partial charge < -0.3 is 10.2 Å². The first-order chi connectivity index (χ1) is 14.7. The van der Waals surface area contributed by atoms with E-state index in [9.17, 15) is 9.59 Å². The molecule has 0 bridgehead atoms. The van der Waals surface area contributed by atoms with E-state index >= 15 is 0 Å². The van der Waals surface area contributed by atoms with Crippen LogP contribution in [0.1, 0.15) is 34.3 Å². The predicted molar refractivity (Wildman–Crippen MR) is 119 cm³/mol. The number of amides is 2. The Balaban J connectivity index is 1.50. The minimum atomic E-state index is -0.0469. The fourth-order valence-corrected chi connectivity index (χ4v) is 3.40. The van der Waals surface area contributed by atoms with Gasteiger partial charge in [-0.1, -0.05) is 60.7 Å². The lowest BCUT2D eigenvalue weighted by Crippen LogP contribution is -2.30. The Morgan fingerprint density at radius 1 is 0.800 bits per heavy atom. The van der Waals surface area contributed by atoms with E-state index in [4.69, 9.17) is 0 Å². The molecule has 0 saturated heterocycles. The molecule has 0 radical (unpaired) electrons.